The first-order chi connectivity index (χ1) is 9.66. The van der Waals surface area contributed by atoms with E-state index in [1.165, 1.54) is 0 Å². The monoisotopic (exact) mass is 277 g/mol. The number of carbonyl (C=O) groups excluding carboxylic acids is 1. The Bertz CT molecular complexity index is 473. The molecule has 110 valence electrons. The number of fused-ring (bicyclic) bond motifs is 1. The standard InChI is InChI=1S/C15H23N3O2/c1-17-7-2-4-15(11-19)5-8-18(10-13(15)17)14(20)12-3-6-16-9-12/h3,6,9,13,16,19H,2,4-5,7-8,10-11H2,1H3/t13-,15-/m1/s1. The fourth-order valence-electron chi connectivity index (χ4n) is 3.84. The summed E-state index contributed by atoms with van der Waals surface area (Å²) in [6, 6.07) is 2.10. The lowest BCUT2D eigenvalue weighted by Crippen LogP contribution is -2.62. The maximum absolute atomic E-state index is 12.5. The maximum Gasteiger partial charge on any atom is 0.255 e. The summed E-state index contributed by atoms with van der Waals surface area (Å²) >= 11 is 0. The number of piperidine rings is 2. The number of nitrogens with one attached hydrogen (secondary N) is 1. The highest BCUT2D eigenvalue weighted by Gasteiger charge is 2.47. The first-order valence-electron chi connectivity index (χ1n) is 7.39. The van der Waals surface area contributed by atoms with Crippen LogP contribution < -0.4 is 0 Å². The van der Waals surface area contributed by atoms with Gasteiger partial charge >= 0.3 is 0 Å². The van der Waals surface area contributed by atoms with E-state index in [4.69, 9.17) is 0 Å². The molecule has 1 aromatic rings. The Morgan fingerprint density at radius 1 is 1.50 bits per heavy atom. The molecule has 0 spiro atoms. The zero-order chi connectivity index (χ0) is 14.2. The van der Waals surface area contributed by atoms with E-state index in [2.05, 4.69) is 16.9 Å². The molecule has 0 bridgehead atoms. The number of carbonyl (C=O) groups is 1. The Labute approximate surface area is 119 Å². The summed E-state index contributed by atoms with van der Waals surface area (Å²) in [5.41, 5.74) is 0.710. The summed E-state index contributed by atoms with van der Waals surface area (Å²) in [7, 11) is 2.11. The van der Waals surface area contributed by atoms with Crippen LogP contribution in [0.1, 0.15) is 29.6 Å². The largest absolute Gasteiger partial charge is 0.396 e. The van der Waals surface area contributed by atoms with Crippen LogP contribution in [0.2, 0.25) is 0 Å². The number of aromatic amines is 1. The average Bonchev–Trinajstić information content (AvgIpc) is 3.01. The minimum absolute atomic E-state index is 0.0120. The molecule has 5 nitrogen and oxygen atoms in total. The number of hydrogen-bond acceptors (Lipinski definition) is 3. The van der Waals surface area contributed by atoms with Crippen molar-refractivity contribution in [3.05, 3.63) is 24.0 Å². The summed E-state index contributed by atoms with van der Waals surface area (Å²) in [6.45, 7) is 2.75. The highest BCUT2D eigenvalue weighted by atomic mass is 16.3. The molecular formula is C15H23N3O2. The summed E-state index contributed by atoms with van der Waals surface area (Å²) in [5, 5.41) is 9.87. The van der Waals surface area contributed by atoms with Gasteiger partial charge in [0.15, 0.2) is 0 Å². The van der Waals surface area contributed by atoms with Gasteiger partial charge in [0.25, 0.3) is 5.91 Å². The third-order valence-electron chi connectivity index (χ3n) is 5.14. The predicted molar refractivity (Wildman–Crippen MR) is 76.5 cm³/mol. The van der Waals surface area contributed by atoms with Gasteiger partial charge in [-0.2, -0.15) is 0 Å². The fourth-order valence-corrected chi connectivity index (χ4v) is 3.84. The number of aliphatic hydroxyl groups excluding tert-OH is 1. The molecule has 5 heteroatoms. The van der Waals surface area contributed by atoms with Gasteiger partial charge in [0.1, 0.15) is 0 Å². The molecule has 3 heterocycles. The number of rotatable bonds is 2. The Hall–Kier alpha value is -1.33. The van der Waals surface area contributed by atoms with Crippen molar-refractivity contribution in [3.63, 3.8) is 0 Å². The van der Waals surface area contributed by atoms with Gasteiger partial charge in [0, 0.05) is 36.9 Å². The molecule has 2 fully saturated rings. The van der Waals surface area contributed by atoms with Gasteiger partial charge in [-0.05, 0) is 38.9 Å². The zero-order valence-electron chi connectivity index (χ0n) is 12.0. The molecule has 20 heavy (non-hydrogen) atoms. The number of aromatic nitrogens is 1. The lowest BCUT2D eigenvalue weighted by atomic mass is 9.69. The number of nitrogens with zero attached hydrogens (tertiary/aromatic N) is 2. The van der Waals surface area contributed by atoms with Crippen molar-refractivity contribution in [1.82, 2.24) is 14.8 Å². The number of likely N-dealkylation sites (N-methyl/N-ethyl adjacent to an activating group) is 1. The minimum Gasteiger partial charge on any atom is -0.396 e. The highest BCUT2D eigenvalue weighted by Crippen LogP contribution is 2.41. The third-order valence-corrected chi connectivity index (χ3v) is 5.14. The molecular weight excluding hydrogens is 254 g/mol. The minimum atomic E-state index is -0.0120. The Morgan fingerprint density at radius 2 is 2.35 bits per heavy atom. The first-order valence-corrected chi connectivity index (χ1v) is 7.39. The van der Waals surface area contributed by atoms with Crippen LogP contribution >= 0.6 is 0 Å². The normalized spacial score (nSPS) is 31.1. The van der Waals surface area contributed by atoms with Crippen LogP contribution in [0, 0.1) is 5.41 Å². The van der Waals surface area contributed by atoms with Gasteiger partial charge in [-0.15, -0.1) is 0 Å². The number of hydrogen-bond donors (Lipinski definition) is 2. The summed E-state index contributed by atoms with van der Waals surface area (Å²) in [6.07, 6.45) is 6.64. The van der Waals surface area contributed by atoms with Gasteiger partial charge in [-0.25, -0.2) is 0 Å². The third kappa shape index (κ3) is 2.15. The van der Waals surface area contributed by atoms with E-state index < -0.39 is 0 Å². The van der Waals surface area contributed by atoms with E-state index in [0.29, 0.717) is 0 Å². The predicted octanol–water partition coefficient (Wildman–Crippen LogP) is 0.933. The quantitative estimate of drug-likeness (QED) is 0.845. The van der Waals surface area contributed by atoms with E-state index in [0.717, 1.165) is 44.5 Å². The summed E-state index contributed by atoms with van der Waals surface area (Å²) in [5.74, 6) is 0.0942. The number of H-pyrrole nitrogens is 1. The fraction of sp³-hybridized carbons (Fsp3) is 0.667. The summed E-state index contributed by atoms with van der Waals surface area (Å²) in [4.78, 5) is 19.6. The van der Waals surface area contributed by atoms with Gasteiger partial charge in [-0.1, -0.05) is 0 Å². The molecule has 2 saturated heterocycles. The van der Waals surface area contributed by atoms with Crippen LogP contribution in [-0.4, -0.2) is 65.1 Å². The molecule has 0 aromatic carbocycles. The van der Waals surface area contributed by atoms with Crippen LogP contribution in [0.25, 0.3) is 0 Å². The lowest BCUT2D eigenvalue weighted by molar-refractivity contribution is -0.0601. The first kappa shape index (κ1) is 13.6. The number of amides is 1. The number of aliphatic hydroxyl groups is 1. The van der Waals surface area contributed by atoms with Crippen molar-refractivity contribution < 1.29 is 9.90 Å². The SMILES string of the molecule is CN1CCC[C@]2(CO)CCN(C(=O)c3cc[nH]c3)C[C@@H]12. The molecule has 0 radical (unpaired) electrons. The van der Waals surface area contributed by atoms with Gasteiger partial charge in [0.05, 0.1) is 12.2 Å². The van der Waals surface area contributed by atoms with Crippen molar-refractivity contribution in [3.8, 4) is 0 Å². The van der Waals surface area contributed by atoms with Crippen LogP contribution in [0.5, 0.6) is 0 Å². The van der Waals surface area contributed by atoms with E-state index in [1.807, 2.05) is 11.0 Å². The molecule has 0 aliphatic carbocycles. The van der Waals surface area contributed by atoms with Crippen molar-refractivity contribution in [1.29, 1.82) is 0 Å². The second-order valence-corrected chi connectivity index (χ2v) is 6.22. The van der Waals surface area contributed by atoms with E-state index in [-0.39, 0.29) is 24.0 Å². The molecule has 3 rings (SSSR count). The van der Waals surface area contributed by atoms with Crippen LogP contribution in [-0.2, 0) is 0 Å². The lowest BCUT2D eigenvalue weighted by Gasteiger charge is -2.53. The average molecular weight is 277 g/mol. The molecule has 2 N–H and O–H groups in total. The van der Waals surface area contributed by atoms with E-state index in [9.17, 15) is 9.90 Å². The second-order valence-electron chi connectivity index (χ2n) is 6.22. The van der Waals surface area contributed by atoms with E-state index >= 15 is 0 Å². The molecule has 2 aliphatic rings. The molecule has 2 aliphatic heterocycles. The van der Waals surface area contributed by atoms with Gasteiger partial charge in [0.2, 0.25) is 0 Å². The molecule has 2 atom stereocenters. The topological polar surface area (TPSA) is 59.6 Å². The maximum atomic E-state index is 12.5. The Morgan fingerprint density at radius 3 is 3.05 bits per heavy atom. The van der Waals surface area contributed by atoms with Crippen molar-refractivity contribution in [2.45, 2.75) is 25.3 Å². The Kier molecular flexibility index (Phi) is 3.56. The van der Waals surface area contributed by atoms with Crippen LogP contribution in [0.4, 0.5) is 0 Å². The van der Waals surface area contributed by atoms with Crippen molar-refractivity contribution in [2.24, 2.45) is 5.41 Å². The van der Waals surface area contributed by atoms with Crippen LogP contribution in [0.15, 0.2) is 18.5 Å². The van der Waals surface area contributed by atoms with E-state index in [1.54, 1.807) is 12.4 Å². The van der Waals surface area contributed by atoms with Gasteiger partial charge < -0.3 is 19.9 Å². The number of likely N-dealkylation sites (tertiary alicyclic amines) is 2. The molecule has 0 unspecified atom stereocenters. The van der Waals surface area contributed by atoms with Gasteiger partial charge in [-0.3, -0.25) is 4.79 Å². The second kappa shape index (κ2) is 5.22. The Balaban J connectivity index is 1.78. The molecule has 1 amide bonds. The van der Waals surface area contributed by atoms with Crippen LogP contribution in [0.3, 0.4) is 0 Å². The smallest absolute Gasteiger partial charge is 0.255 e. The molecule has 1 aromatic heterocycles. The highest BCUT2D eigenvalue weighted by molar-refractivity contribution is 5.94. The molecule has 0 saturated carbocycles. The summed E-state index contributed by atoms with van der Waals surface area (Å²) < 4.78 is 0. The van der Waals surface area contributed by atoms with Crippen molar-refractivity contribution >= 4 is 5.91 Å². The zero-order valence-corrected chi connectivity index (χ0v) is 12.0. The van der Waals surface area contributed by atoms with Crippen molar-refractivity contribution in [2.75, 3.05) is 33.3 Å².